The van der Waals surface area contributed by atoms with Gasteiger partial charge in [-0.05, 0) is 11.1 Å². The first-order chi connectivity index (χ1) is 11.8. The summed E-state index contributed by atoms with van der Waals surface area (Å²) in [7, 11) is 1.69. The summed E-state index contributed by atoms with van der Waals surface area (Å²) in [4.78, 5) is 0. The maximum absolute atomic E-state index is 6.39. The Morgan fingerprint density at radius 2 is 1.58 bits per heavy atom. The lowest BCUT2D eigenvalue weighted by Crippen LogP contribution is -2.27. The molecule has 2 heterocycles. The largest absolute Gasteiger partial charge is 0.466 e. The van der Waals surface area contributed by atoms with Crippen LogP contribution >= 0.6 is 0 Å². The lowest BCUT2D eigenvalue weighted by molar-refractivity contribution is -0.236. The zero-order chi connectivity index (χ0) is 16.4. The van der Waals surface area contributed by atoms with Crippen LogP contribution in [0.3, 0.4) is 0 Å². The Kier molecular flexibility index (Phi) is 4.13. The van der Waals surface area contributed by atoms with Gasteiger partial charge in [0.1, 0.15) is 5.76 Å². The van der Waals surface area contributed by atoms with E-state index in [1.54, 1.807) is 7.11 Å². The van der Waals surface area contributed by atoms with Crippen LogP contribution in [0.5, 0.6) is 0 Å². The van der Waals surface area contributed by atoms with Crippen LogP contribution in [0, 0.1) is 0 Å². The van der Waals surface area contributed by atoms with E-state index in [-0.39, 0.29) is 6.29 Å². The van der Waals surface area contributed by atoms with E-state index in [4.69, 9.17) is 14.2 Å². The van der Waals surface area contributed by atoms with E-state index >= 15 is 0 Å². The predicted octanol–water partition coefficient (Wildman–Crippen LogP) is 4.74. The monoisotopic (exact) mass is 322 g/mol. The van der Waals surface area contributed by atoms with E-state index in [0.717, 1.165) is 37.0 Å². The van der Waals surface area contributed by atoms with Gasteiger partial charge in [0.2, 0.25) is 5.79 Å². The van der Waals surface area contributed by atoms with E-state index in [9.17, 15) is 0 Å². The molecule has 24 heavy (non-hydrogen) atoms. The van der Waals surface area contributed by atoms with Gasteiger partial charge in [0.25, 0.3) is 0 Å². The third kappa shape index (κ3) is 2.85. The lowest BCUT2D eigenvalue weighted by atomic mass is 9.95. The van der Waals surface area contributed by atoms with Gasteiger partial charge in [-0.2, -0.15) is 0 Å². The summed E-state index contributed by atoms with van der Waals surface area (Å²) in [5.74, 6) is 0.509. The van der Waals surface area contributed by atoms with Gasteiger partial charge in [0.15, 0.2) is 6.29 Å². The standard InChI is InChI=1S/C21H22O3/c1-22-19-13-15-21(24-19)14-12-18(23-21)20(16-8-4-2-5-9-16)17-10-6-3-7-11-17/h2-11,19H,12-15H2,1H3/t19-,21+/m1/s1. The second kappa shape index (κ2) is 6.42. The molecule has 2 atom stereocenters. The summed E-state index contributed by atoms with van der Waals surface area (Å²) in [5, 5.41) is 0. The summed E-state index contributed by atoms with van der Waals surface area (Å²) in [6, 6.07) is 20.9. The van der Waals surface area contributed by atoms with Crippen LogP contribution < -0.4 is 0 Å². The molecule has 4 rings (SSSR count). The first-order valence-corrected chi connectivity index (χ1v) is 8.53. The quantitative estimate of drug-likeness (QED) is 0.817. The van der Waals surface area contributed by atoms with Gasteiger partial charge in [0.05, 0.1) is 0 Å². The fourth-order valence-corrected chi connectivity index (χ4v) is 3.63. The van der Waals surface area contributed by atoms with Gasteiger partial charge in [-0.1, -0.05) is 60.7 Å². The van der Waals surface area contributed by atoms with Crippen molar-refractivity contribution in [3.05, 3.63) is 77.5 Å². The maximum Gasteiger partial charge on any atom is 0.213 e. The molecule has 0 amide bonds. The van der Waals surface area contributed by atoms with Crippen LogP contribution in [0.15, 0.2) is 66.4 Å². The zero-order valence-electron chi connectivity index (χ0n) is 13.9. The Balaban J connectivity index is 1.73. The molecular weight excluding hydrogens is 300 g/mol. The molecule has 0 radical (unpaired) electrons. The van der Waals surface area contributed by atoms with E-state index in [1.165, 1.54) is 11.1 Å². The Hall–Kier alpha value is -2.10. The normalized spacial score (nSPS) is 25.9. The molecule has 0 unspecified atom stereocenters. The van der Waals surface area contributed by atoms with Crippen molar-refractivity contribution in [1.82, 2.24) is 0 Å². The highest BCUT2D eigenvalue weighted by atomic mass is 16.8. The number of hydrogen-bond acceptors (Lipinski definition) is 3. The molecule has 3 nitrogen and oxygen atoms in total. The van der Waals surface area contributed by atoms with Gasteiger partial charge < -0.3 is 14.2 Å². The molecule has 2 aliphatic heterocycles. The number of methoxy groups -OCH3 is 1. The Morgan fingerprint density at radius 3 is 2.12 bits per heavy atom. The Bertz CT molecular complexity index is 682. The molecule has 124 valence electrons. The summed E-state index contributed by atoms with van der Waals surface area (Å²) in [6.45, 7) is 0. The minimum absolute atomic E-state index is 0.152. The Labute approximate surface area is 142 Å². The van der Waals surface area contributed by atoms with Crippen LogP contribution in [0.1, 0.15) is 36.8 Å². The minimum Gasteiger partial charge on any atom is -0.466 e. The van der Waals surface area contributed by atoms with Crippen molar-refractivity contribution >= 4 is 5.57 Å². The molecule has 0 aromatic heterocycles. The van der Waals surface area contributed by atoms with Crippen molar-refractivity contribution < 1.29 is 14.2 Å². The summed E-state index contributed by atoms with van der Waals surface area (Å²) in [6.07, 6.45) is 3.38. The average molecular weight is 322 g/mol. The molecule has 2 aliphatic rings. The average Bonchev–Trinajstić information content (AvgIpc) is 3.24. The third-order valence-electron chi connectivity index (χ3n) is 4.82. The van der Waals surface area contributed by atoms with E-state index in [2.05, 4.69) is 48.5 Å². The van der Waals surface area contributed by atoms with Crippen LogP contribution in [0.2, 0.25) is 0 Å². The van der Waals surface area contributed by atoms with E-state index in [0.29, 0.717) is 0 Å². The molecule has 0 N–H and O–H groups in total. The molecule has 3 heteroatoms. The van der Waals surface area contributed by atoms with Crippen LogP contribution in [0.25, 0.3) is 5.57 Å². The van der Waals surface area contributed by atoms with Gasteiger partial charge in [-0.3, -0.25) is 0 Å². The van der Waals surface area contributed by atoms with Crippen LogP contribution in [-0.4, -0.2) is 19.2 Å². The lowest BCUT2D eigenvalue weighted by Gasteiger charge is -2.24. The minimum atomic E-state index is -0.509. The second-order valence-corrected chi connectivity index (χ2v) is 6.36. The van der Waals surface area contributed by atoms with E-state index < -0.39 is 5.79 Å². The highest BCUT2D eigenvalue weighted by Gasteiger charge is 2.47. The molecule has 1 spiro atoms. The zero-order valence-corrected chi connectivity index (χ0v) is 13.9. The van der Waals surface area contributed by atoms with Crippen molar-refractivity contribution in [2.45, 2.75) is 37.8 Å². The first kappa shape index (κ1) is 15.4. The molecule has 2 aromatic carbocycles. The van der Waals surface area contributed by atoms with Gasteiger partial charge in [-0.25, -0.2) is 0 Å². The number of rotatable bonds is 3. The van der Waals surface area contributed by atoms with Crippen molar-refractivity contribution in [1.29, 1.82) is 0 Å². The topological polar surface area (TPSA) is 27.7 Å². The Morgan fingerprint density at radius 1 is 0.958 bits per heavy atom. The van der Waals surface area contributed by atoms with Crippen LogP contribution in [0.4, 0.5) is 0 Å². The second-order valence-electron chi connectivity index (χ2n) is 6.36. The molecule has 2 aromatic rings. The van der Waals surface area contributed by atoms with Crippen molar-refractivity contribution in [3.63, 3.8) is 0 Å². The summed E-state index contributed by atoms with van der Waals surface area (Å²) >= 11 is 0. The number of allylic oxidation sites excluding steroid dienone is 1. The summed E-state index contributed by atoms with van der Waals surface area (Å²) in [5.41, 5.74) is 3.52. The van der Waals surface area contributed by atoms with Crippen molar-refractivity contribution in [3.8, 4) is 0 Å². The van der Waals surface area contributed by atoms with Gasteiger partial charge in [-0.15, -0.1) is 0 Å². The number of hydrogen-bond donors (Lipinski definition) is 0. The van der Waals surface area contributed by atoms with Gasteiger partial charge in [0, 0.05) is 38.4 Å². The highest BCUT2D eigenvalue weighted by Crippen LogP contribution is 2.46. The van der Waals surface area contributed by atoms with E-state index in [1.807, 2.05) is 12.1 Å². The summed E-state index contributed by atoms with van der Waals surface area (Å²) < 4.78 is 17.8. The molecule has 2 fully saturated rings. The van der Waals surface area contributed by atoms with Gasteiger partial charge >= 0.3 is 0 Å². The molecule has 0 bridgehead atoms. The molecular formula is C21H22O3. The molecule has 0 saturated carbocycles. The van der Waals surface area contributed by atoms with Crippen molar-refractivity contribution in [2.24, 2.45) is 0 Å². The number of ether oxygens (including phenoxy) is 3. The first-order valence-electron chi connectivity index (χ1n) is 8.53. The van der Waals surface area contributed by atoms with Crippen molar-refractivity contribution in [2.75, 3.05) is 7.11 Å². The predicted molar refractivity (Wildman–Crippen MR) is 93.1 cm³/mol. The SMILES string of the molecule is CO[C@H]1CC[C@]2(CCC(=C(c3ccccc3)c3ccccc3)O2)O1. The molecule has 2 saturated heterocycles. The fraction of sp³-hybridized carbons (Fsp3) is 0.333. The van der Waals surface area contributed by atoms with Crippen LogP contribution in [-0.2, 0) is 14.2 Å². The smallest absolute Gasteiger partial charge is 0.213 e. The highest BCUT2D eigenvalue weighted by molar-refractivity contribution is 5.81. The number of benzene rings is 2. The maximum atomic E-state index is 6.39. The fourth-order valence-electron chi connectivity index (χ4n) is 3.63. The molecule has 0 aliphatic carbocycles. The third-order valence-corrected chi connectivity index (χ3v) is 4.82.